The number of cyclic esters (lactones) is 1. The van der Waals surface area contributed by atoms with Gasteiger partial charge in [-0.1, -0.05) is 66.7 Å². The monoisotopic (exact) mass is 349 g/mol. The number of Topliss-reactive ketones (excluding diaryl/α,β-unsaturated/α-hetero) is 1. The van der Waals surface area contributed by atoms with Gasteiger partial charge >= 0.3 is 5.97 Å². The van der Waals surface area contributed by atoms with Crippen molar-refractivity contribution in [3.63, 3.8) is 0 Å². The quantitative estimate of drug-likeness (QED) is 0.643. The lowest BCUT2D eigenvalue weighted by Gasteiger charge is -2.43. The number of carbonyl (C=O) groups excluding carboxylic acids is 2. The zero-order valence-corrected chi connectivity index (χ0v) is 14.9. The summed E-state index contributed by atoms with van der Waals surface area (Å²) in [5.74, 6) is -0.960. The van der Waals surface area contributed by atoms with E-state index in [-0.39, 0.29) is 12.4 Å². The molecule has 0 spiro atoms. The number of hydrogen-bond acceptors (Lipinski definition) is 4. The normalized spacial score (nSPS) is 20.0. The van der Waals surface area contributed by atoms with Crippen LogP contribution in [0.25, 0.3) is 0 Å². The van der Waals surface area contributed by atoms with Gasteiger partial charge < -0.3 is 4.74 Å². The highest BCUT2D eigenvalue weighted by atomic mass is 16.5. The topological polar surface area (TPSA) is 55.4 Å². The third-order valence-electron chi connectivity index (χ3n) is 4.97. The summed E-state index contributed by atoms with van der Waals surface area (Å²) in [5.41, 5.74) is 1.28. The van der Waals surface area contributed by atoms with Crippen LogP contribution in [0.3, 0.4) is 0 Å². The van der Waals surface area contributed by atoms with Crippen molar-refractivity contribution in [1.82, 2.24) is 5.32 Å². The number of benzene rings is 2. The maximum Gasteiger partial charge on any atom is 0.324 e. The number of rotatable bonds is 6. The van der Waals surface area contributed by atoms with E-state index in [4.69, 9.17) is 4.74 Å². The molecule has 1 aliphatic rings. The number of morpholine rings is 1. The van der Waals surface area contributed by atoms with Crippen molar-refractivity contribution in [1.29, 1.82) is 0 Å². The first kappa shape index (κ1) is 18.1. The molecule has 4 nitrogen and oxygen atoms in total. The van der Waals surface area contributed by atoms with Gasteiger partial charge in [-0.2, -0.15) is 0 Å². The first-order valence-corrected chi connectivity index (χ1v) is 8.75. The van der Waals surface area contributed by atoms with E-state index in [0.29, 0.717) is 6.42 Å². The van der Waals surface area contributed by atoms with E-state index in [2.05, 4.69) is 11.9 Å². The Hall–Kier alpha value is -2.72. The van der Waals surface area contributed by atoms with Crippen molar-refractivity contribution in [3.8, 4) is 0 Å². The molecule has 0 unspecified atom stereocenters. The molecule has 0 saturated carbocycles. The lowest BCUT2D eigenvalue weighted by molar-refractivity contribution is -0.158. The van der Waals surface area contributed by atoms with Crippen LogP contribution in [-0.4, -0.2) is 24.4 Å². The van der Waals surface area contributed by atoms with Crippen molar-refractivity contribution >= 4 is 11.8 Å². The van der Waals surface area contributed by atoms with Gasteiger partial charge in [0.1, 0.15) is 24.0 Å². The minimum Gasteiger partial charge on any atom is -0.462 e. The molecule has 1 fully saturated rings. The summed E-state index contributed by atoms with van der Waals surface area (Å²) in [4.78, 5) is 24.7. The minimum atomic E-state index is -0.723. The van der Waals surface area contributed by atoms with E-state index < -0.39 is 23.5 Å². The standard InChI is InChI=1S/C22H23NO3/c1-3-10-19(16(2)24)20-21(25)26-15-22(23-20,17-11-6-4-7-12-17)18-13-8-5-9-14-18/h3-9,11-14,19-20,23H,1,10,15H2,2H3/t19-,20-/m1/s1. The van der Waals surface area contributed by atoms with E-state index in [0.717, 1.165) is 11.1 Å². The smallest absolute Gasteiger partial charge is 0.324 e. The SMILES string of the molecule is C=CC[C@H](C(C)=O)[C@H]1NC(c2ccccc2)(c2ccccc2)COC1=O. The molecule has 0 aliphatic carbocycles. The Morgan fingerprint density at radius 3 is 2.19 bits per heavy atom. The van der Waals surface area contributed by atoms with E-state index in [1.807, 2.05) is 60.7 Å². The molecule has 1 N–H and O–H groups in total. The summed E-state index contributed by atoms with van der Waals surface area (Å²) in [7, 11) is 0. The molecule has 26 heavy (non-hydrogen) atoms. The lowest BCUT2D eigenvalue weighted by atomic mass is 9.79. The largest absolute Gasteiger partial charge is 0.462 e. The van der Waals surface area contributed by atoms with Gasteiger partial charge in [-0.15, -0.1) is 6.58 Å². The maximum atomic E-state index is 12.5. The first-order chi connectivity index (χ1) is 12.6. The fourth-order valence-corrected chi connectivity index (χ4v) is 3.56. The van der Waals surface area contributed by atoms with Crippen molar-refractivity contribution in [2.75, 3.05) is 6.61 Å². The summed E-state index contributed by atoms with van der Waals surface area (Å²) in [5, 5.41) is 3.47. The molecule has 1 saturated heterocycles. The average Bonchev–Trinajstić information content (AvgIpc) is 2.68. The van der Waals surface area contributed by atoms with Crippen LogP contribution < -0.4 is 5.32 Å². The first-order valence-electron chi connectivity index (χ1n) is 8.75. The predicted octanol–water partition coefficient (Wildman–Crippen LogP) is 3.23. The van der Waals surface area contributed by atoms with Crippen LogP contribution in [0.5, 0.6) is 0 Å². The average molecular weight is 349 g/mol. The second kappa shape index (κ2) is 7.67. The predicted molar refractivity (Wildman–Crippen MR) is 101 cm³/mol. The molecule has 0 amide bonds. The number of carbonyl (C=O) groups is 2. The number of hydrogen-bond donors (Lipinski definition) is 1. The molecule has 2 aromatic carbocycles. The third kappa shape index (κ3) is 3.33. The van der Waals surface area contributed by atoms with Gasteiger partial charge in [-0.25, -0.2) is 0 Å². The number of ketones is 1. The second-order valence-electron chi connectivity index (χ2n) is 6.61. The van der Waals surface area contributed by atoms with Crippen LogP contribution in [0.1, 0.15) is 24.5 Å². The van der Waals surface area contributed by atoms with Crippen molar-refractivity contribution in [2.24, 2.45) is 5.92 Å². The number of ether oxygens (including phenoxy) is 1. The summed E-state index contributed by atoms with van der Waals surface area (Å²) in [6.45, 7) is 5.40. The van der Waals surface area contributed by atoms with Gasteiger partial charge in [0.2, 0.25) is 0 Å². The second-order valence-corrected chi connectivity index (χ2v) is 6.61. The molecule has 4 heteroatoms. The lowest BCUT2D eigenvalue weighted by Crippen LogP contribution is -2.62. The van der Waals surface area contributed by atoms with Crippen LogP contribution >= 0.6 is 0 Å². The van der Waals surface area contributed by atoms with Crippen molar-refractivity contribution < 1.29 is 14.3 Å². The van der Waals surface area contributed by atoms with Gasteiger partial charge in [0.15, 0.2) is 0 Å². The van der Waals surface area contributed by atoms with Gasteiger partial charge in [0.25, 0.3) is 0 Å². The van der Waals surface area contributed by atoms with Crippen LogP contribution in [-0.2, 0) is 19.9 Å². The number of nitrogens with one attached hydrogen (secondary N) is 1. The van der Waals surface area contributed by atoms with Gasteiger partial charge in [0.05, 0.1) is 0 Å². The van der Waals surface area contributed by atoms with Crippen LogP contribution in [0.2, 0.25) is 0 Å². The van der Waals surface area contributed by atoms with Crippen molar-refractivity contribution in [2.45, 2.75) is 24.9 Å². The Balaban J connectivity index is 2.09. The van der Waals surface area contributed by atoms with E-state index >= 15 is 0 Å². The summed E-state index contributed by atoms with van der Waals surface area (Å²) in [6, 6.07) is 19.0. The molecule has 0 bridgehead atoms. The van der Waals surface area contributed by atoms with Crippen LogP contribution in [0.15, 0.2) is 73.3 Å². The van der Waals surface area contributed by atoms with Gasteiger partial charge in [0, 0.05) is 5.92 Å². The van der Waals surface area contributed by atoms with E-state index in [1.165, 1.54) is 6.92 Å². The molecule has 1 heterocycles. The fourth-order valence-electron chi connectivity index (χ4n) is 3.56. The van der Waals surface area contributed by atoms with Gasteiger partial charge in [-0.05, 0) is 24.5 Å². The Bertz CT molecular complexity index is 746. The fraction of sp³-hybridized carbons (Fsp3) is 0.273. The van der Waals surface area contributed by atoms with E-state index in [9.17, 15) is 9.59 Å². The molecule has 2 aromatic rings. The Kier molecular flexibility index (Phi) is 5.33. The highest BCUT2D eigenvalue weighted by Crippen LogP contribution is 2.35. The highest BCUT2D eigenvalue weighted by Gasteiger charge is 2.47. The molecule has 0 radical (unpaired) electrons. The summed E-state index contributed by atoms with van der Waals surface area (Å²) in [6.07, 6.45) is 2.09. The van der Waals surface area contributed by atoms with E-state index in [1.54, 1.807) is 6.08 Å². The third-order valence-corrected chi connectivity index (χ3v) is 4.97. The summed E-state index contributed by atoms with van der Waals surface area (Å²) < 4.78 is 5.60. The Labute approximate surface area is 153 Å². The molecule has 3 rings (SSSR count). The van der Waals surface area contributed by atoms with Crippen LogP contribution in [0, 0.1) is 5.92 Å². The molecule has 1 aliphatic heterocycles. The zero-order valence-electron chi connectivity index (χ0n) is 14.9. The minimum absolute atomic E-state index is 0.0590. The Morgan fingerprint density at radius 1 is 1.19 bits per heavy atom. The highest BCUT2D eigenvalue weighted by molar-refractivity contribution is 5.88. The Morgan fingerprint density at radius 2 is 1.73 bits per heavy atom. The van der Waals surface area contributed by atoms with Crippen LogP contribution in [0.4, 0.5) is 0 Å². The molecular weight excluding hydrogens is 326 g/mol. The molecular formula is C22H23NO3. The summed E-state index contributed by atoms with van der Waals surface area (Å²) >= 11 is 0. The van der Waals surface area contributed by atoms with Crippen molar-refractivity contribution in [3.05, 3.63) is 84.4 Å². The molecule has 0 aromatic heterocycles. The van der Waals surface area contributed by atoms with Gasteiger partial charge in [-0.3, -0.25) is 14.9 Å². The molecule has 134 valence electrons. The zero-order chi connectivity index (χ0) is 18.6. The number of esters is 1. The molecule has 2 atom stereocenters. The maximum absolute atomic E-state index is 12.5. The number of allylic oxidation sites excluding steroid dienone is 1.